The zero-order valence-corrected chi connectivity index (χ0v) is 16.6. The molecule has 6 nitrogen and oxygen atoms in total. The fourth-order valence-corrected chi connectivity index (χ4v) is 2.96. The van der Waals surface area contributed by atoms with Gasteiger partial charge in [-0.3, -0.25) is 4.79 Å². The van der Waals surface area contributed by atoms with Crippen molar-refractivity contribution >= 4 is 38.7 Å². The molecule has 0 bridgehead atoms. The van der Waals surface area contributed by atoms with E-state index in [9.17, 15) is 4.79 Å². The van der Waals surface area contributed by atoms with E-state index in [2.05, 4.69) is 26.0 Å². The molecule has 1 aromatic heterocycles. The Bertz CT molecular complexity index is 1060. The molecule has 0 aliphatic heterocycles. The number of nitrogens with zero attached hydrogens (tertiary/aromatic N) is 4. The second-order valence-electron chi connectivity index (χ2n) is 6.00. The van der Waals surface area contributed by atoms with Crippen LogP contribution in [0.3, 0.4) is 0 Å². The van der Waals surface area contributed by atoms with Gasteiger partial charge in [-0.05, 0) is 37.3 Å². The van der Waals surface area contributed by atoms with Gasteiger partial charge in [0.1, 0.15) is 11.6 Å². The molecule has 0 unspecified atom stereocenters. The summed E-state index contributed by atoms with van der Waals surface area (Å²) in [5, 5.41) is 4.86. The van der Waals surface area contributed by atoms with Crippen LogP contribution in [0.15, 0.2) is 50.8 Å². The number of fused-ring (bicyclic) bond motifs is 1. The molecule has 3 rings (SSSR count). The summed E-state index contributed by atoms with van der Waals surface area (Å²) in [4.78, 5) is 19.2. The standard InChI is InChI=1S/C19H19BrN4O2/c1-12-22-17-8-6-14(20)9-16(17)19(25)24(12)21-11-13-5-7-15(23(2)3)10-18(13)26-4/h5-11H,1-4H3. The molecule has 0 aliphatic carbocycles. The predicted octanol–water partition coefficient (Wildman–Crippen LogP) is 3.42. The molecule has 134 valence electrons. The first-order valence-corrected chi connectivity index (χ1v) is 8.78. The quantitative estimate of drug-likeness (QED) is 0.613. The van der Waals surface area contributed by atoms with Crippen molar-refractivity contribution in [1.82, 2.24) is 9.66 Å². The lowest BCUT2D eigenvalue weighted by atomic mass is 10.2. The first-order valence-electron chi connectivity index (χ1n) is 7.99. The minimum atomic E-state index is -0.214. The lowest BCUT2D eigenvalue weighted by Crippen LogP contribution is -2.20. The molecule has 2 aromatic carbocycles. The number of rotatable bonds is 4. The van der Waals surface area contributed by atoms with E-state index in [1.165, 1.54) is 4.68 Å². The maximum absolute atomic E-state index is 12.8. The largest absolute Gasteiger partial charge is 0.496 e. The number of aryl methyl sites for hydroxylation is 1. The van der Waals surface area contributed by atoms with E-state index in [0.29, 0.717) is 22.5 Å². The fourth-order valence-electron chi connectivity index (χ4n) is 2.60. The molecular weight excluding hydrogens is 396 g/mol. The van der Waals surface area contributed by atoms with Gasteiger partial charge in [-0.15, -0.1) is 0 Å². The van der Waals surface area contributed by atoms with Crippen LogP contribution < -0.4 is 15.2 Å². The molecule has 0 saturated heterocycles. The van der Waals surface area contributed by atoms with Gasteiger partial charge in [0.2, 0.25) is 0 Å². The third-order valence-corrected chi connectivity index (χ3v) is 4.51. The van der Waals surface area contributed by atoms with Crippen LogP contribution >= 0.6 is 15.9 Å². The highest BCUT2D eigenvalue weighted by Crippen LogP contribution is 2.23. The predicted molar refractivity (Wildman–Crippen MR) is 109 cm³/mol. The van der Waals surface area contributed by atoms with E-state index >= 15 is 0 Å². The maximum Gasteiger partial charge on any atom is 0.282 e. The molecule has 0 saturated carbocycles. The van der Waals surface area contributed by atoms with Gasteiger partial charge in [0.05, 0.1) is 24.2 Å². The molecule has 0 fully saturated rings. The van der Waals surface area contributed by atoms with Crippen LogP contribution in [0.1, 0.15) is 11.4 Å². The highest BCUT2D eigenvalue weighted by atomic mass is 79.9. The number of hydrogen-bond donors (Lipinski definition) is 0. The fraction of sp³-hybridized carbons (Fsp3) is 0.211. The first-order chi connectivity index (χ1) is 12.4. The summed E-state index contributed by atoms with van der Waals surface area (Å²) in [6.45, 7) is 1.76. The SMILES string of the molecule is COc1cc(N(C)C)ccc1C=Nn1c(C)nc2ccc(Br)cc2c1=O. The third-order valence-electron chi connectivity index (χ3n) is 4.02. The van der Waals surface area contributed by atoms with E-state index < -0.39 is 0 Å². The van der Waals surface area contributed by atoms with E-state index in [1.54, 1.807) is 26.3 Å². The Balaban J connectivity index is 2.07. The average Bonchev–Trinajstić information content (AvgIpc) is 2.62. The van der Waals surface area contributed by atoms with Crippen molar-refractivity contribution in [2.75, 3.05) is 26.1 Å². The summed E-state index contributed by atoms with van der Waals surface area (Å²) in [5.41, 5.74) is 2.23. The van der Waals surface area contributed by atoms with E-state index in [0.717, 1.165) is 15.7 Å². The Hall–Kier alpha value is -2.67. The van der Waals surface area contributed by atoms with Crippen LogP contribution in [0.5, 0.6) is 5.75 Å². The van der Waals surface area contributed by atoms with Gasteiger partial charge in [-0.1, -0.05) is 15.9 Å². The lowest BCUT2D eigenvalue weighted by molar-refractivity contribution is 0.414. The minimum Gasteiger partial charge on any atom is -0.496 e. The van der Waals surface area contributed by atoms with Gasteiger partial charge in [0.25, 0.3) is 5.56 Å². The van der Waals surface area contributed by atoms with Crippen molar-refractivity contribution in [3.8, 4) is 5.75 Å². The molecule has 0 aliphatic rings. The van der Waals surface area contributed by atoms with Gasteiger partial charge in [-0.2, -0.15) is 9.78 Å². The number of ether oxygens (including phenoxy) is 1. The van der Waals surface area contributed by atoms with Gasteiger partial charge >= 0.3 is 0 Å². The van der Waals surface area contributed by atoms with Gasteiger partial charge < -0.3 is 9.64 Å². The molecule has 0 spiro atoms. The lowest BCUT2D eigenvalue weighted by Gasteiger charge is -2.14. The van der Waals surface area contributed by atoms with Crippen LogP contribution in [-0.4, -0.2) is 37.1 Å². The Kier molecular flexibility index (Phi) is 5.08. The van der Waals surface area contributed by atoms with Crippen LogP contribution in [0.25, 0.3) is 10.9 Å². The first kappa shape index (κ1) is 18.1. The highest BCUT2D eigenvalue weighted by Gasteiger charge is 2.09. The van der Waals surface area contributed by atoms with Crippen molar-refractivity contribution in [3.63, 3.8) is 0 Å². The smallest absolute Gasteiger partial charge is 0.282 e. The summed E-state index contributed by atoms with van der Waals surface area (Å²) in [6, 6.07) is 11.2. The summed E-state index contributed by atoms with van der Waals surface area (Å²) in [5.74, 6) is 1.20. The third kappa shape index (κ3) is 3.48. The molecule has 0 atom stereocenters. The zero-order chi connectivity index (χ0) is 18.8. The van der Waals surface area contributed by atoms with E-state index in [-0.39, 0.29) is 5.56 Å². The Morgan fingerprint density at radius 3 is 2.69 bits per heavy atom. The molecule has 7 heteroatoms. The number of hydrogen-bond acceptors (Lipinski definition) is 5. The van der Waals surface area contributed by atoms with Crippen LogP contribution in [0.2, 0.25) is 0 Å². The number of halogens is 1. The maximum atomic E-state index is 12.8. The molecule has 0 radical (unpaired) electrons. The summed E-state index contributed by atoms with van der Waals surface area (Å²) in [6.07, 6.45) is 1.61. The van der Waals surface area contributed by atoms with Gasteiger partial charge in [-0.25, -0.2) is 4.98 Å². The van der Waals surface area contributed by atoms with Crippen molar-refractivity contribution in [2.45, 2.75) is 6.92 Å². The Morgan fingerprint density at radius 2 is 2.00 bits per heavy atom. The molecule has 1 heterocycles. The number of anilines is 1. The molecular formula is C19H19BrN4O2. The van der Waals surface area contributed by atoms with Crippen molar-refractivity contribution < 1.29 is 4.74 Å². The molecule has 0 amide bonds. The second kappa shape index (κ2) is 7.29. The Morgan fingerprint density at radius 1 is 1.23 bits per heavy atom. The number of benzene rings is 2. The van der Waals surface area contributed by atoms with Crippen LogP contribution in [0.4, 0.5) is 5.69 Å². The van der Waals surface area contributed by atoms with E-state index in [1.807, 2.05) is 49.3 Å². The molecule has 3 aromatic rings. The van der Waals surface area contributed by atoms with E-state index in [4.69, 9.17) is 4.74 Å². The normalized spacial score (nSPS) is 11.3. The van der Waals surface area contributed by atoms with Crippen molar-refractivity contribution in [1.29, 1.82) is 0 Å². The zero-order valence-electron chi connectivity index (χ0n) is 15.0. The topological polar surface area (TPSA) is 59.7 Å². The molecule has 0 N–H and O–H groups in total. The van der Waals surface area contributed by atoms with Crippen LogP contribution in [0, 0.1) is 6.92 Å². The summed E-state index contributed by atoms with van der Waals surface area (Å²) in [7, 11) is 5.54. The number of methoxy groups -OCH3 is 1. The number of aromatic nitrogens is 2. The second-order valence-corrected chi connectivity index (χ2v) is 6.92. The summed E-state index contributed by atoms with van der Waals surface area (Å²) >= 11 is 3.39. The Labute approximate surface area is 159 Å². The highest BCUT2D eigenvalue weighted by molar-refractivity contribution is 9.10. The van der Waals surface area contributed by atoms with Gasteiger partial charge in [0.15, 0.2) is 0 Å². The van der Waals surface area contributed by atoms with Crippen LogP contribution in [-0.2, 0) is 0 Å². The average molecular weight is 415 g/mol. The minimum absolute atomic E-state index is 0.214. The summed E-state index contributed by atoms with van der Waals surface area (Å²) < 4.78 is 7.57. The molecule has 26 heavy (non-hydrogen) atoms. The van der Waals surface area contributed by atoms with Gasteiger partial charge in [0, 0.05) is 35.9 Å². The van der Waals surface area contributed by atoms with Crippen molar-refractivity contribution in [2.24, 2.45) is 5.10 Å². The van der Waals surface area contributed by atoms with Crippen molar-refractivity contribution in [3.05, 3.63) is 62.6 Å². The monoisotopic (exact) mass is 414 g/mol.